The highest BCUT2D eigenvalue weighted by atomic mass is 16.5. The lowest BCUT2D eigenvalue weighted by Gasteiger charge is -2.10. The summed E-state index contributed by atoms with van der Waals surface area (Å²) < 4.78 is 13.6. The number of carbonyl (C=O) groups excluding carboxylic acids is 1. The number of nitrogens with zero attached hydrogens (tertiary/aromatic N) is 2. The summed E-state index contributed by atoms with van der Waals surface area (Å²) in [7, 11) is 0. The monoisotopic (exact) mass is 451 g/mol. The molecule has 6 nitrogen and oxygen atoms in total. The van der Waals surface area contributed by atoms with Gasteiger partial charge in [0.15, 0.2) is 5.76 Å². The predicted molar refractivity (Wildman–Crippen MR) is 132 cm³/mol. The minimum Gasteiger partial charge on any atom is -0.486 e. The van der Waals surface area contributed by atoms with Crippen molar-refractivity contribution in [2.45, 2.75) is 27.0 Å². The van der Waals surface area contributed by atoms with E-state index >= 15 is 0 Å². The Bertz CT molecular complexity index is 1430. The maximum atomic E-state index is 13.0. The second-order valence-electron chi connectivity index (χ2n) is 8.33. The van der Waals surface area contributed by atoms with Crippen molar-refractivity contribution in [2.24, 2.45) is 0 Å². The number of carbonyl (C=O) groups is 1. The lowest BCUT2D eigenvalue weighted by molar-refractivity contribution is 0.0991. The van der Waals surface area contributed by atoms with E-state index in [4.69, 9.17) is 9.15 Å². The van der Waals surface area contributed by atoms with Gasteiger partial charge in [0.1, 0.15) is 18.1 Å². The number of amides is 1. The van der Waals surface area contributed by atoms with Crippen LogP contribution in [-0.2, 0) is 13.2 Å². The Morgan fingerprint density at radius 3 is 2.47 bits per heavy atom. The molecule has 34 heavy (non-hydrogen) atoms. The fraction of sp³-hybridized carbons (Fsp3) is 0.143. The molecule has 0 radical (unpaired) electrons. The van der Waals surface area contributed by atoms with Crippen molar-refractivity contribution in [1.82, 2.24) is 9.55 Å². The van der Waals surface area contributed by atoms with E-state index in [0.29, 0.717) is 18.3 Å². The number of aromatic nitrogens is 2. The van der Waals surface area contributed by atoms with Crippen LogP contribution in [-0.4, -0.2) is 15.5 Å². The van der Waals surface area contributed by atoms with E-state index in [9.17, 15) is 4.79 Å². The van der Waals surface area contributed by atoms with Crippen molar-refractivity contribution >= 4 is 22.9 Å². The van der Waals surface area contributed by atoms with Crippen LogP contribution in [0.3, 0.4) is 0 Å². The first-order chi connectivity index (χ1) is 16.5. The summed E-state index contributed by atoms with van der Waals surface area (Å²) in [5.41, 5.74) is 5.14. The van der Waals surface area contributed by atoms with Crippen LogP contribution in [0.2, 0.25) is 0 Å². The van der Waals surface area contributed by atoms with Gasteiger partial charge in [-0.15, -0.1) is 0 Å². The molecular weight excluding hydrogens is 426 g/mol. The number of hydrogen-bond acceptors (Lipinski definition) is 4. The molecule has 0 saturated carbocycles. The molecule has 1 N–H and O–H groups in total. The number of imidazole rings is 1. The zero-order valence-corrected chi connectivity index (χ0v) is 19.1. The lowest BCUT2D eigenvalue weighted by atomic mass is 10.1. The molecule has 0 aliphatic carbocycles. The summed E-state index contributed by atoms with van der Waals surface area (Å²) in [5, 5.41) is 2.92. The standard InChI is InChI=1S/C28H25N3O3/c1-19-14-20(2)16-23(15-19)33-18-22-12-13-26(34-22)27(32)30-28-29-24-10-6-7-11-25(24)31(28)17-21-8-4-3-5-9-21/h3-16H,17-18H2,1-2H3,(H,29,30,32). The van der Waals surface area contributed by atoms with Gasteiger partial charge in [0.25, 0.3) is 5.91 Å². The molecule has 0 atom stereocenters. The van der Waals surface area contributed by atoms with Gasteiger partial charge >= 0.3 is 0 Å². The number of aryl methyl sites for hydroxylation is 2. The fourth-order valence-electron chi connectivity index (χ4n) is 4.01. The van der Waals surface area contributed by atoms with Gasteiger partial charge in [-0.3, -0.25) is 10.1 Å². The molecule has 0 aliphatic heterocycles. The van der Waals surface area contributed by atoms with E-state index in [1.54, 1.807) is 12.1 Å². The number of rotatable bonds is 7. The first-order valence-corrected chi connectivity index (χ1v) is 11.2. The molecule has 0 unspecified atom stereocenters. The third-order valence-electron chi connectivity index (χ3n) is 5.53. The van der Waals surface area contributed by atoms with Gasteiger partial charge in [-0.2, -0.15) is 0 Å². The maximum Gasteiger partial charge on any atom is 0.293 e. The molecule has 6 heteroatoms. The number of ether oxygens (including phenoxy) is 1. The zero-order chi connectivity index (χ0) is 23.5. The van der Waals surface area contributed by atoms with Gasteiger partial charge in [-0.05, 0) is 66.9 Å². The molecule has 3 aromatic carbocycles. The fourth-order valence-corrected chi connectivity index (χ4v) is 4.01. The van der Waals surface area contributed by atoms with Crippen molar-refractivity contribution in [2.75, 3.05) is 5.32 Å². The Morgan fingerprint density at radius 1 is 0.941 bits per heavy atom. The SMILES string of the molecule is Cc1cc(C)cc(OCc2ccc(C(=O)Nc3nc4ccccc4n3Cc3ccccc3)o2)c1. The second-order valence-corrected chi connectivity index (χ2v) is 8.33. The third-order valence-corrected chi connectivity index (χ3v) is 5.53. The Morgan fingerprint density at radius 2 is 1.68 bits per heavy atom. The van der Waals surface area contributed by atoms with Crippen molar-refractivity contribution in [3.05, 3.63) is 113 Å². The van der Waals surface area contributed by atoms with E-state index in [-0.39, 0.29) is 18.3 Å². The number of benzene rings is 3. The molecule has 0 fully saturated rings. The van der Waals surface area contributed by atoms with Crippen molar-refractivity contribution in [3.8, 4) is 5.75 Å². The molecule has 0 bridgehead atoms. The third kappa shape index (κ3) is 4.71. The number of furan rings is 1. The summed E-state index contributed by atoms with van der Waals surface area (Å²) in [5.74, 6) is 1.66. The Balaban J connectivity index is 1.33. The van der Waals surface area contributed by atoms with Gasteiger partial charge in [-0.25, -0.2) is 4.98 Å². The van der Waals surface area contributed by atoms with Gasteiger partial charge < -0.3 is 13.7 Å². The molecule has 2 aromatic heterocycles. The highest BCUT2D eigenvalue weighted by molar-refractivity contribution is 6.02. The summed E-state index contributed by atoms with van der Waals surface area (Å²) in [6.07, 6.45) is 0. The number of fused-ring (bicyclic) bond motifs is 1. The maximum absolute atomic E-state index is 13.0. The van der Waals surface area contributed by atoms with Crippen molar-refractivity contribution in [3.63, 3.8) is 0 Å². The number of nitrogens with one attached hydrogen (secondary N) is 1. The van der Waals surface area contributed by atoms with Crippen LogP contribution in [0.25, 0.3) is 11.0 Å². The minimum absolute atomic E-state index is 0.206. The Kier molecular flexibility index (Phi) is 5.87. The van der Waals surface area contributed by atoms with E-state index < -0.39 is 0 Å². The highest BCUT2D eigenvalue weighted by Crippen LogP contribution is 2.23. The summed E-state index contributed by atoms with van der Waals surface area (Å²) >= 11 is 0. The Hall–Kier alpha value is -4.32. The second kappa shape index (κ2) is 9.27. The van der Waals surface area contributed by atoms with Crippen LogP contribution < -0.4 is 10.1 Å². The van der Waals surface area contributed by atoms with E-state index in [2.05, 4.69) is 28.5 Å². The average molecular weight is 452 g/mol. The van der Waals surface area contributed by atoms with Gasteiger partial charge in [0.2, 0.25) is 5.95 Å². The molecule has 170 valence electrons. The van der Waals surface area contributed by atoms with E-state index in [0.717, 1.165) is 33.5 Å². The zero-order valence-electron chi connectivity index (χ0n) is 19.1. The van der Waals surface area contributed by atoms with E-state index in [1.807, 2.05) is 73.0 Å². The lowest BCUT2D eigenvalue weighted by Crippen LogP contribution is -2.16. The van der Waals surface area contributed by atoms with Crippen molar-refractivity contribution in [1.29, 1.82) is 0 Å². The van der Waals surface area contributed by atoms with Gasteiger partial charge in [-0.1, -0.05) is 48.5 Å². The van der Waals surface area contributed by atoms with Crippen LogP contribution in [0.15, 0.2) is 89.3 Å². The molecule has 5 aromatic rings. The molecule has 2 heterocycles. The van der Waals surface area contributed by atoms with Gasteiger partial charge in [0, 0.05) is 0 Å². The van der Waals surface area contributed by atoms with Crippen LogP contribution >= 0.6 is 0 Å². The summed E-state index contributed by atoms with van der Waals surface area (Å²) in [6.45, 7) is 4.88. The predicted octanol–water partition coefficient (Wildman–Crippen LogP) is 6.13. The average Bonchev–Trinajstić information content (AvgIpc) is 3.43. The number of hydrogen-bond donors (Lipinski definition) is 1. The van der Waals surface area contributed by atoms with Crippen LogP contribution in [0.5, 0.6) is 5.75 Å². The van der Waals surface area contributed by atoms with Crippen LogP contribution in [0.4, 0.5) is 5.95 Å². The number of anilines is 1. The smallest absolute Gasteiger partial charge is 0.293 e. The summed E-state index contributed by atoms with van der Waals surface area (Å²) in [4.78, 5) is 17.6. The topological polar surface area (TPSA) is 69.3 Å². The van der Waals surface area contributed by atoms with Gasteiger partial charge in [0.05, 0.1) is 17.6 Å². The molecule has 0 saturated heterocycles. The largest absolute Gasteiger partial charge is 0.486 e. The summed E-state index contributed by atoms with van der Waals surface area (Å²) in [6, 6.07) is 27.3. The van der Waals surface area contributed by atoms with Crippen LogP contribution in [0.1, 0.15) is 33.0 Å². The number of para-hydroxylation sites is 2. The van der Waals surface area contributed by atoms with Crippen LogP contribution in [0, 0.1) is 13.8 Å². The normalized spacial score (nSPS) is 11.0. The molecular formula is C28H25N3O3. The minimum atomic E-state index is -0.359. The van der Waals surface area contributed by atoms with Crippen molar-refractivity contribution < 1.29 is 13.9 Å². The first-order valence-electron chi connectivity index (χ1n) is 11.2. The Labute approximate surface area is 197 Å². The molecule has 0 aliphatic rings. The molecule has 5 rings (SSSR count). The quantitative estimate of drug-likeness (QED) is 0.323. The molecule has 1 amide bonds. The van der Waals surface area contributed by atoms with E-state index in [1.165, 1.54) is 0 Å². The first kappa shape index (κ1) is 21.5. The highest BCUT2D eigenvalue weighted by Gasteiger charge is 2.17. The molecule has 0 spiro atoms.